The van der Waals surface area contributed by atoms with Gasteiger partial charge in [-0.15, -0.1) is 0 Å². The summed E-state index contributed by atoms with van der Waals surface area (Å²) >= 11 is 6.09. The second kappa shape index (κ2) is 5.26. The van der Waals surface area contributed by atoms with Crippen molar-refractivity contribution in [2.75, 3.05) is 5.73 Å². The fourth-order valence-electron chi connectivity index (χ4n) is 2.49. The van der Waals surface area contributed by atoms with Gasteiger partial charge in [0.2, 0.25) is 0 Å². The van der Waals surface area contributed by atoms with Gasteiger partial charge in [0, 0.05) is 23.8 Å². The molecule has 6 heteroatoms. The van der Waals surface area contributed by atoms with Crippen LogP contribution in [-0.4, -0.2) is 20.0 Å². The first-order chi connectivity index (χ1) is 10.1. The molecule has 0 saturated carbocycles. The van der Waals surface area contributed by atoms with Crippen LogP contribution >= 0.6 is 11.6 Å². The van der Waals surface area contributed by atoms with E-state index >= 15 is 0 Å². The average Bonchev–Trinajstić information content (AvgIpc) is 3.01. The van der Waals surface area contributed by atoms with E-state index in [1.807, 2.05) is 37.5 Å². The first-order valence-corrected chi connectivity index (χ1v) is 7.10. The minimum atomic E-state index is 0.457. The van der Waals surface area contributed by atoms with Crippen molar-refractivity contribution in [2.24, 2.45) is 7.05 Å². The van der Waals surface area contributed by atoms with Crippen LogP contribution in [-0.2, 0) is 13.5 Å². The van der Waals surface area contributed by atoms with Crippen molar-refractivity contribution in [1.82, 2.24) is 20.0 Å². The molecule has 0 bridgehead atoms. The monoisotopic (exact) mass is 301 g/mol. The molecule has 0 spiro atoms. The molecule has 2 aromatic heterocycles. The zero-order chi connectivity index (χ0) is 15.0. The number of halogens is 1. The Kier molecular flexibility index (Phi) is 3.43. The molecule has 0 unspecified atom stereocenters. The Morgan fingerprint density at radius 1 is 1.38 bits per heavy atom. The highest BCUT2D eigenvalue weighted by Crippen LogP contribution is 2.36. The lowest BCUT2D eigenvalue weighted by atomic mass is 10.0. The Bertz CT molecular complexity index is 787. The standard InChI is InChI=1S/C15H16ClN5/c1-3-12-11(8-21(2)20-12)14-13(15(17)19-18-14)9-5-4-6-10(16)7-9/h4-8H,3H2,1-2H3,(H3,17,18,19). The van der Waals surface area contributed by atoms with Crippen molar-refractivity contribution in [3.63, 3.8) is 0 Å². The summed E-state index contributed by atoms with van der Waals surface area (Å²) in [6.07, 6.45) is 2.81. The van der Waals surface area contributed by atoms with Gasteiger partial charge in [0.25, 0.3) is 0 Å². The number of aryl methyl sites for hydroxylation is 2. The fraction of sp³-hybridized carbons (Fsp3) is 0.200. The van der Waals surface area contributed by atoms with E-state index in [9.17, 15) is 0 Å². The summed E-state index contributed by atoms with van der Waals surface area (Å²) in [7, 11) is 1.90. The highest BCUT2D eigenvalue weighted by atomic mass is 35.5. The zero-order valence-corrected chi connectivity index (χ0v) is 12.6. The van der Waals surface area contributed by atoms with E-state index < -0.39 is 0 Å². The second-order valence-corrected chi connectivity index (χ2v) is 5.32. The van der Waals surface area contributed by atoms with Crippen molar-refractivity contribution in [1.29, 1.82) is 0 Å². The van der Waals surface area contributed by atoms with Crippen LogP contribution < -0.4 is 5.73 Å². The maximum atomic E-state index is 6.09. The molecule has 3 N–H and O–H groups in total. The third kappa shape index (κ3) is 2.40. The fourth-order valence-corrected chi connectivity index (χ4v) is 2.68. The number of nitrogens with two attached hydrogens (primary N) is 1. The van der Waals surface area contributed by atoms with Gasteiger partial charge in [-0.25, -0.2) is 0 Å². The third-order valence-electron chi connectivity index (χ3n) is 3.42. The molecule has 0 atom stereocenters. The summed E-state index contributed by atoms with van der Waals surface area (Å²) in [5.41, 5.74) is 10.7. The van der Waals surface area contributed by atoms with Crippen LogP contribution in [0, 0.1) is 0 Å². The molecular formula is C15H16ClN5. The highest BCUT2D eigenvalue weighted by molar-refractivity contribution is 6.30. The maximum absolute atomic E-state index is 6.09. The van der Waals surface area contributed by atoms with Crippen molar-refractivity contribution < 1.29 is 0 Å². The molecule has 21 heavy (non-hydrogen) atoms. The lowest BCUT2D eigenvalue weighted by molar-refractivity contribution is 0.746. The predicted octanol–water partition coefficient (Wildman–Crippen LogP) is 3.28. The van der Waals surface area contributed by atoms with Gasteiger partial charge in [0.05, 0.1) is 17.0 Å². The van der Waals surface area contributed by atoms with Crippen LogP contribution in [0.15, 0.2) is 30.5 Å². The molecule has 0 amide bonds. The number of nitrogen functional groups attached to an aromatic ring is 1. The number of anilines is 1. The number of nitrogens with one attached hydrogen (secondary N) is 1. The first kappa shape index (κ1) is 13.7. The molecule has 0 aliphatic heterocycles. The van der Waals surface area contributed by atoms with E-state index in [-0.39, 0.29) is 0 Å². The summed E-state index contributed by atoms with van der Waals surface area (Å²) in [5.74, 6) is 0.457. The van der Waals surface area contributed by atoms with Crippen LogP contribution in [0.4, 0.5) is 5.82 Å². The molecule has 0 fully saturated rings. The predicted molar refractivity (Wildman–Crippen MR) is 85.0 cm³/mol. The smallest absolute Gasteiger partial charge is 0.153 e. The molecule has 3 aromatic rings. The number of rotatable bonds is 3. The SMILES string of the molecule is CCc1nn(C)cc1-c1[nH]nc(N)c1-c1cccc(Cl)c1. The van der Waals surface area contributed by atoms with Crippen molar-refractivity contribution >= 4 is 17.4 Å². The molecule has 0 aliphatic rings. The quantitative estimate of drug-likeness (QED) is 0.780. The van der Waals surface area contributed by atoms with Gasteiger partial charge in [-0.2, -0.15) is 10.2 Å². The van der Waals surface area contributed by atoms with E-state index in [1.54, 1.807) is 4.68 Å². The Hall–Kier alpha value is -2.27. The number of nitrogens with zero attached hydrogens (tertiary/aromatic N) is 3. The summed E-state index contributed by atoms with van der Waals surface area (Å²) in [6, 6.07) is 7.59. The molecule has 3 rings (SSSR count). The number of aromatic amines is 1. The van der Waals surface area contributed by atoms with E-state index in [0.29, 0.717) is 10.8 Å². The topological polar surface area (TPSA) is 72.5 Å². The Balaban J connectivity index is 2.21. The van der Waals surface area contributed by atoms with Gasteiger partial charge >= 0.3 is 0 Å². The van der Waals surface area contributed by atoms with Crippen molar-refractivity contribution in [2.45, 2.75) is 13.3 Å². The molecular weight excluding hydrogens is 286 g/mol. The third-order valence-corrected chi connectivity index (χ3v) is 3.65. The Labute approximate surface area is 127 Å². The van der Waals surface area contributed by atoms with E-state index in [2.05, 4.69) is 22.2 Å². The number of hydrogen-bond donors (Lipinski definition) is 2. The lowest BCUT2D eigenvalue weighted by Crippen LogP contribution is -1.90. The summed E-state index contributed by atoms with van der Waals surface area (Å²) in [6.45, 7) is 2.07. The van der Waals surface area contributed by atoms with E-state index in [4.69, 9.17) is 17.3 Å². The van der Waals surface area contributed by atoms with Crippen LogP contribution in [0.3, 0.4) is 0 Å². The van der Waals surface area contributed by atoms with Crippen LogP contribution in [0.2, 0.25) is 5.02 Å². The summed E-state index contributed by atoms with van der Waals surface area (Å²) < 4.78 is 1.80. The van der Waals surface area contributed by atoms with E-state index in [1.165, 1.54) is 0 Å². The van der Waals surface area contributed by atoms with Gasteiger partial charge in [-0.1, -0.05) is 30.7 Å². The number of aromatic nitrogens is 4. The van der Waals surface area contributed by atoms with Crippen LogP contribution in [0.5, 0.6) is 0 Å². The molecule has 108 valence electrons. The number of H-pyrrole nitrogens is 1. The summed E-state index contributed by atoms with van der Waals surface area (Å²) in [4.78, 5) is 0. The van der Waals surface area contributed by atoms with Gasteiger partial charge < -0.3 is 5.73 Å². The van der Waals surface area contributed by atoms with Gasteiger partial charge in [-0.05, 0) is 24.1 Å². The normalized spacial score (nSPS) is 11.0. The minimum absolute atomic E-state index is 0.457. The molecule has 1 aromatic carbocycles. The van der Waals surface area contributed by atoms with Gasteiger partial charge in [0.15, 0.2) is 5.82 Å². The zero-order valence-electron chi connectivity index (χ0n) is 11.9. The second-order valence-electron chi connectivity index (χ2n) is 4.89. The molecule has 2 heterocycles. The minimum Gasteiger partial charge on any atom is -0.382 e. The van der Waals surface area contributed by atoms with Crippen LogP contribution in [0.1, 0.15) is 12.6 Å². The van der Waals surface area contributed by atoms with Crippen LogP contribution in [0.25, 0.3) is 22.4 Å². The van der Waals surface area contributed by atoms with Gasteiger partial charge in [0.1, 0.15) is 0 Å². The highest BCUT2D eigenvalue weighted by Gasteiger charge is 2.19. The van der Waals surface area contributed by atoms with Crippen molar-refractivity contribution in [3.8, 4) is 22.4 Å². The largest absolute Gasteiger partial charge is 0.382 e. The molecule has 5 nitrogen and oxygen atoms in total. The Morgan fingerprint density at radius 3 is 2.90 bits per heavy atom. The summed E-state index contributed by atoms with van der Waals surface area (Å²) in [5, 5.41) is 12.3. The Morgan fingerprint density at radius 2 is 2.19 bits per heavy atom. The molecule has 0 aliphatic carbocycles. The molecule has 0 saturated heterocycles. The van der Waals surface area contributed by atoms with E-state index in [0.717, 1.165) is 34.5 Å². The average molecular weight is 302 g/mol. The number of benzene rings is 1. The number of hydrogen-bond acceptors (Lipinski definition) is 3. The maximum Gasteiger partial charge on any atom is 0.153 e. The van der Waals surface area contributed by atoms with Gasteiger partial charge in [-0.3, -0.25) is 9.78 Å². The lowest BCUT2D eigenvalue weighted by Gasteiger charge is -2.05. The first-order valence-electron chi connectivity index (χ1n) is 6.72. The van der Waals surface area contributed by atoms with Crippen molar-refractivity contribution in [3.05, 3.63) is 41.2 Å². The molecule has 0 radical (unpaired) electrons.